The monoisotopic (exact) mass is 348 g/mol. The molecule has 24 heavy (non-hydrogen) atoms. The summed E-state index contributed by atoms with van der Waals surface area (Å²) in [5, 5.41) is 2.96. The summed E-state index contributed by atoms with van der Waals surface area (Å²) in [4.78, 5) is 14.2. The summed E-state index contributed by atoms with van der Waals surface area (Å²) in [6.45, 7) is 8.22. The quantitative estimate of drug-likeness (QED) is 0.801. The first kappa shape index (κ1) is 20.0. The van der Waals surface area contributed by atoms with Gasteiger partial charge in [-0.3, -0.25) is 9.69 Å². The highest BCUT2D eigenvalue weighted by Gasteiger charge is 2.09. The van der Waals surface area contributed by atoms with Crippen LogP contribution in [0.15, 0.2) is 48.5 Å². The lowest BCUT2D eigenvalue weighted by atomic mass is 10.2. The maximum atomic E-state index is 12.1. The number of benzene rings is 2. The van der Waals surface area contributed by atoms with Crippen molar-refractivity contribution in [1.29, 1.82) is 0 Å². The highest BCUT2D eigenvalue weighted by molar-refractivity contribution is 5.93. The molecule has 4 nitrogen and oxygen atoms in total. The average Bonchev–Trinajstić information content (AvgIpc) is 2.56. The Bertz CT molecular complexity index is 643. The predicted molar refractivity (Wildman–Crippen MR) is 101 cm³/mol. The van der Waals surface area contributed by atoms with Crippen molar-refractivity contribution >= 4 is 24.0 Å². The summed E-state index contributed by atoms with van der Waals surface area (Å²) < 4.78 is 5.80. The number of carbonyl (C=O) groups excluding carboxylic acids is 1. The number of hydrogen-bond donors (Lipinski definition) is 1. The average molecular weight is 349 g/mol. The van der Waals surface area contributed by atoms with Crippen molar-refractivity contribution in [2.45, 2.75) is 20.8 Å². The molecule has 0 bridgehead atoms. The van der Waals surface area contributed by atoms with Crippen LogP contribution in [-0.2, 0) is 4.79 Å². The summed E-state index contributed by atoms with van der Waals surface area (Å²) in [6.07, 6.45) is 0. The number of hydrogen-bond acceptors (Lipinski definition) is 3. The molecule has 0 radical (unpaired) electrons. The third kappa shape index (κ3) is 5.87. The molecule has 130 valence electrons. The van der Waals surface area contributed by atoms with Crippen LogP contribution in [0.2, 0.25) is 0 Å². The molecule has 0 spiro atoms. The number of likely N-dealkylation sites (N-methyl/N-ethyl adjacent to an activating group) is 1. The second kappa shape index (κ2) is 9.96. The summed E-state index contributed by atoms with van der Waals surface area (Å²) in [7, 11) is 0. The molecule has 1 amide bonds. The first-order valence-corrected chi connectivity index (χ1v) is 7.98. The van der Waals surface area contributed by atoms with Gasteiger partial charge in [0.25, 0.3) is 0 Å². The minimum Gasteiger partial charge on any atom is -0.457 e. The zero-order valence-electron chi connectivity index (χ0n) is 14.4. The van der Waals surface area contributed by atoms with Gasteiger partial charge in [-0.2, -0.15) is 0 Å². The van der Waals surface area contributed by atoms with Crippen LogP contribution < -0.4 is 10.1 Å². The van der Waals surface area contributed by atoms with Crippen molar-refractivity contribution < 1.29 is 9.53 Å². The molecule has 0 heterocycles. The normalized spacial score (nSPS) is 10.2. The Morgan fingerprint density at radius 3 is 2.29 bits per heavy atom. The van der Waals surface area contributed by atoms with E-state index >= 15 is 0 Å². The molecule has 0 aromatic heterocycles. The van der Waals surface area contributed by atoms with Crippen molar-refractivity contribution in [3.05, 3.63) is 54.1 Å². The van der Waals surface area contributed by atoms with Crippen molar-refractivity contribution in [3.8, 4) is 11.5 Å². The Balaban J connectivity index is 0.00000288. The van der Waals surface area contributed by atoms with Gasteiger partial charge in [0, 0.05) is 5.69 Å². The van der Waals surface area contributed by atoms with E-state index < -0.39 is 0 Å². The molecule has 5 heteroatoms. The SMILES string of the molecule is CCN(CC)CC(=O)Nc1ccc(Oc2ccccc2)cc1C.Cl. The van der Waals surface area contributed by atoms with Gasteiger partial charge in [0.05, 0.1) is 6.54 Å². The maximum Gasteiger partial charge on any atom is 0.238 e. The number of carbonyl (C=O) groups is 1. The number of ether oxygens (including phenoxy) is 1. The highest BCUT2D eigenvalue weighted by Crippen LogP contribution is 2.25. The number of anilines is 1. The molecule has 0 aliphatic heterocycles. The zero-order chi connectivity index (χ0) is 16.7. The van der Waals surface area contributed by atoms with E-state index in [1.165, 1.54) is 0 Å². The molecule has 0 aliphatic rings. The van der Waals surface area contributed by atoms with E-state index in [1.54, 1.807) is 0 Å². The molecule has 0 aliphatic carbocycles. The predicted octanol–water partition coefficient (Wildman–Crippen LogP) is 4.49. The van der Waals surface area contributed by atoms with Gasteiger partial charge in [0.1, 0.15) is 11.5 Å². The molecular formula is C19H25ClN2O2. The molecule has 2 aromatic carbocycles. The molecule has 1 N–H and O–H groups in total. The lowest BCUT2D eigenvalue weighted by Crippen LogP contribution is -2.33. The van der Waals surface area contributed by atoms with Crippen LogP contribution in [0.3, 0.4) is 0 Å². The van der Waals surface area contributed by atoms with Crippen LogP contribution in [0.1, 0.15) is 19.4 Å². The second-order valence-electron chi connectivity index (χ2n) is 5.40. The van der Waals surface area contributed by atoms with E-state index in [1.807, 2.05) is 55.5 Å². The van der Waals surface area contributed by atoms with Gasteiger partial charge < -0.3 is 10.1 Å². The van der Waals surface area contributed by atoms with E-state index in [0.717, 1.165) is 35.8 Å². The third-order valence-electron chi connectivity index (χ3n) is 3.71. The van der Waals surface area contributed by atoms with Crippen LogP contribution in [0, 0.1) is 6.92 Å². The zero-order valence-corrected chi connectivity index (χ0v) is 15.2. The van der Waals surface area contributed by atoms with Gasteiger partial charge in [-0.1, -0.05) is 32.0 Å². The van der Waals surface area contributed by atoms with Gasteiger partial charge in [-0.15, -0.1) is 12.4 Å². The topological polar surface area (TPSA) is 41.6 Å². The van der Waals surface area contributed by atoms with Gasteiger partial charge in [0.2, 0.25) is 5.91 Å². The molecule has 0 saturated heterocycles. The summed E-state index contributed by atoms with van der Waals surface area (Å²) in [6, 6.07) is 15.3. The third-order valence-corrected chi connectivity index (χ3v) is 3.71. The number of nitrogens with one attached hydrogen (secondary N) is 1. The largest absolute Gasteiger partial charge is 0.457 e. The van der Waals surface area contributed by atoms with Crippen molar-refractivity contribution in [2.75, 3.05) is 25.0 Å². The molecule has 2 aromatic rings. The van der Waals surface area contributed by atoms with E-state index in [9.17, 15) is 4.79 Å². The smallest absolute Gasteiger partial charge is 0.238 e. The van der Waals surface area contributed by atoms with E-state index in [2.05, 4.69) is 24.1 Å². The van der Waals surface area contributed by atoms with Gasteiger partial charge >= 0.3 is 0 Å². The molecule has 0 saturated carbocycles. The van der Waals surface area contributed by atoms with Crippen molar-refractivity contribution in [1.82, 2.24) is 4.90 Å². The van der Waals surface area contributed by atoms with Crippen molar-refractivity contribution in [2.24, 2.45) is 0 Å². The van der Waals surface area contributed by atoms with Gasteiger partial charge in [-0.25, -0.2) is 0 Å². The van der Waals surface area contributed by atoms with Crippen LogP contribution >= 0.6 is 12.4 Å². The minimum atomic E-state index is 0. The Hall–Kier alpha value is -2.04. The number of aryl methyl sites for hydroxylation is 1. The number of halogens is 1. The van der Waals surface area contributed by atoms with Gasteiger partial charge in [0.15, 0.2) is 0 Å². The summed E-state index contributed by atoms with van der Waals surface area (Å²) >= 11 is 0. The van der Waals surface area contributed by atoms with Crippen LogP contribution in [0.5, 0.6) is 11.5 Å². The number of nitrogens with zero attached hydrogens (tertiary/aromatic N) is 1. The van der Waals surface area contributed by atoms with E-state index in [0.29, 0.717) is 6.54 Å². The first-order valence-electron chi connectivity index (χ1n) is 7.98. The standard InChI is InChI=1S/C19H24N2O2.ClH/c1-4-21(5-2)14-19(22)20-18-12-11-17(13-15(18)3)23-16-9-7-6-8-10-16;/h6-13H,4-5,14H2,1-3H3,(H,20,22);1H. The fourth-order valence-electron chi connectivity index (χ4n) is 2.30. The summed E-state index contributed by atoms with van der Waals surface area (Å²) in [5.41, 5.74) is 1.80. The molecule has 0 atom stereocenters. The van der Waals surface area contributed by atoms with Crippen LogP contribution in [0.4, 0.5) is 5.69 Å². The fraction of sp³-hybridized carbons (Fsp3) is 0.316. The van der Waals surface area contributed by atoms with Gasteiger partial charge in [-0.05, 0) is 55.9 Å². The summed E-state index contributed by atoms with van der Waals surface area (Å²) in [5.74, 6) is 1.56. The molecule has 0 fully saturated rings. The van der Waals surface area contributed by atoms with E-state index in [-0.39, 0.29) is 18.3 Å². The second-order valence-corrected chi connectivity index (χ2v) is 5.40. The Kier molecular flexibility index (Phi) is 8.30. The minimum absolute atomic E-state index is 0. The van der Waals surface area contributed by atoms with E-state index in [4.69, 9.17) is 4.74 Å². The highest BCUT2D eigenvalue weighted by atomic mass is 35.5. The Morgan fingerprint density at radius 2 is 1.71 bits per heavy atom. The molecule has 0 unspecified atom stereocenters. The van der Waals surface area contributed by atoms with Crippen molar-refractivity contribution in [3.63, 3.8) is 0 Å². The molecule has 2 rings (SSSR count). The first-order chi connectivity index (χ1) is 11.1. The fourth-order valence-corrected chi connectivity index (χ4v) is 2.30. The molecular weight excluding hydrogens is 324 g/mol. The lowest BCUT2D eigenvalue weighted by molar-refractivity contribution is -0.117. The number of para-hydroxylation sites is 1. The van der Waals surface area contributed by atoms with Crippen LogP contribution in [-0.4, -0.2) is 30.4 Å². The number of amides is 1. The van der Waals surface area contributed by atoms with Crippen LogP contribution in [0.25, 0.3) is 0 Å². The lowest BCUT2D eigenvalue weighted by Gasteiger charge is -2.18. The maximum absolute atomic E-state index is 12.1. The Labute approximate surface area is 150 Å². The number of rotatable bonds is 7. The Morgan fingerprint density at radius 1 is 1.04 bits per heavy atom.